The van der Waals surface area contributed by atoms with E-state index in [0.29, 0.717) is 16.4 Å². The number of likely N-dealkylation sites (tertiary alicyclic amines) is 1. The number of anilines is 2. The number of alkyl halides is 3. The Bertz CT molecular complexity index is 2070. The van der Waals surface area contributed by atoms with Gasteiger partial charge in [0.15, 0.2) is 11.2 Å². The minimum atomic E-state index is -5.08. The van der Waals surface area contributed by atoms with Gasteiger partial charge in [-0.3, -0.25) is 24.6 Å². The Morgan fingerprint density at radius 2 is 1.70 bits per heavy atom. The molecule has 0 aliphatic carbocycles. The highest BCUT2D eigenvalue weighted by atomic mass is 32.1. The van der Waals surface area contributed by atoms with Crippen molar-refractivity contribution < 1.29 is 47.0 Å². The first-order chi connectivity index (χ1) is 25.7. The highest BCUT2D eigenvalue weighted by molar-refractivity contribution is 7.13. The Morgan fingerprint density at radius 3 is 2.33 bits per heavy atom. The number of halogens is 4. The zero-order chi connectivity index (χ0) is 38.4. The van der Waals surface area contributed by atoms with Gasteiger partial charge in [0.1, 0.15) is 5.82 Å². The summed E-state index contributed by atoms with van der Waals surface area (Å²) >= 11 is 1.28. The number of thiazole rings is 1. The van der Waals surface area contributed by atoms with Gasteiger partial charge in [-0.15, -0.1) is 11.3 Å². The molecule has 13 nitrogen and oxygen atoms in total. The van der Waals surface area contributed by atoms with E-state index in [1.807, 2.05) is 33.7 Å². The van der Waals surface area contributed by atoms with Crippen molar-refractivity contribution in [1.29, 1.82) is 0 Å². The third-order valence-electron chi connectivity index (χ3n) is 10.4. The molecule has 1 spiro atoms. The third kappa shape index (κ3) is 7.39. The molecule has 0 bridgehead atoms. The number of fused-ring (bicyclic) bond motifs is 2. The largest absolute Gasteiger partial charge is 0.490 e. The van der Waals surface area contributed by atoms with Crippen molar-refractivity contribution in [1.82, 2.24) is 24.3 Å². The van der Waals surface area contributed by atoms with Gasteiger partial charge in [-0.1, -0.05) is 12.1 Å². The van der Waals surface area contributed by atoms with Gasteiger partial charge in [0.2, 0.25) is 0 Å². The number of benzene rings is 2. The van der Waals surface area contributed by atoms with Crippen LogP contribution >= 0.6 is 11.3 Å². The minimum Gasteiger partial charge on any atom is -0.480 e. The molecule has 4 aromatic rings. The van der Waals surface area contributed by atoms with Crippen LogP contribution in [0.25, 0.3) is 11.1 Å². The highest BCUT2D eigenvalue weighted by Crippen LogP contribution is 2.43. The molecular formula is C36H35F4N7O6S. The maximum absolute atomic E-state index is 15.7. The quantitative estimate of drug-likeness (QED) is 0.207. The van der Waals surface area contributed by atoms with E-state index in [2.05, 4.69) is 20.2 Å². The third-order valence-corrected chi connectivity index (χ3v) is 11.1. The molecular weight excluding hydrogens is 734 g/mol. The Balaban J connectivity index is 0.000000588. The van der Waals surface area contributed by atoms with Crippen molar-refractivity contribution in [2.24, 2.45) is 5.41 Å². The minimum absolute atomic E-state index is 0.0355. The molecule has 284 valence electrons. The van der Waals surface area contributed by atoms with Crippen LogP contribution in [0.4, 0.5) is 28.4 Å². The van der Waals surface area contributed by atoms with E-state index >= 15 is 4.39 Å². The van der Waals surface area contributed by atoms with Gasteiger partial charge in [0.25, 0.3) is 11.8 Å². The number of aliphatic carboxylic acids is 2. The molecule has 2 aromatic heterocycles. The number of rotatable bonds is 8. The fraction of sp³-hybridized carbons (Fsp3) is 0.389. The molecule has 2 aromatic carbocycles. The Morgan fingerprint density at radius 1 is 1.00 bits per heavy atom. The molecule has 2 amide bonds. The van der Waals surface area contributed by atoms with E-state index in [-0.39, 0.29) is 29.6 Å². The first-order valence-electron chi connectivity index (χ1n) is 17.2. The van der Waals surface area contributed by atoms with E-state index < -0.39 is 41.8 Å². The summed E-state index contributed by atoms with van der Waals surface area (Å²) in [4.78, 5) is 62.1. The number of nitrogens with zero attached hydrogens (tertiary/aromatic N) is 6. The number of nitrogens with one attached hydrogen (secondary N) is 1. The fourth-order valence-electron chi connectivity index (χ4n) is 7.67. The smallest absolute Gasteiger partial charge is 0.480 e. The predicted octanol–water partition coefficient (Wildman–Crippen LogP) is 5.05. The number of imidazole rings is 1. The molecule has 0 radical (unpaired) electrons. The van der Waals surface area contributed by atoms with E-state index in [0.717, 1.165) is 75.4 Å². The molecule has 2 saturated heterocycles. The zero-order valence-electron chi connectivity index (χ0n) is 28.7. The van der Waals surface area contributed by atoms with Gasteiger partial charge in [0.05, 0.1) is 25.1 Å². The van der Waals surface area contributed by atoms with Crippen LogP contribution in [-0.2, 0) is 33.9 Å². The molecule has 18 heteroatoms. The van der Waals surface area contributed by atoms with Crippen LogP contribution < -0.4 is 10.2 Å². The maximum Gasteiger partial charge on any atom is 0.490 e. The standard InChI is InChI=1S/C34H34FN7O4S.C2HF3O2/c35-26-15-22(21-3-5-23(6-4-21)41-18-34(19-41)7-11-39(12-8-34)17-28(43)44)14-24-25(26)16-42(32(24)46)30(31(45)38-33-36-9-13-47-33)29-27-2-1-10-40(27)20-37-29;3-2(4,5)1(6)7/h3-6,9,13-15,20,30H,1-2,7-8,10-12,16-19H2,(H,43,44)(H,36,38,45);(H,6,7). The predicted molar refractivity (Wildman–Crippen MR) is 187 cm³/mol. The van der Waals surface area contributed by atoms with Crippen molar-refractivity contribution in [3.8, 4) is 11.1 Å². The number of hydrogen-bond donors (Lipinski definition) is 3. The second-order valence-electron chi connectivity index (χ2n) is 13.9. The van der Waals surface area contributed by atoms with E-state index in [9.17, 15) is 27.6 Å². The number of hydrogen-bond acceptors (Lipinski definition) is 9. The van der Waals surface area contributed by atoms with Crippen molar-refractivity contribution in [3.05, 3.63) is 82.6 Å². The molecule has 8 rings (SSSR count). The molecule has 4 aliphatic rings. The van der Waals surface area contributed by atoms with Crippen molar-refractivity contribution in [2.45, 2.75) is 51.0 Å². The molecule has 1 atom stereocenters. The van der Waals surface area contributed by atoms with Gasteiger partial charge >= 0.3 is 18.1 Å². The zero-order valence-corrected chi connectivity index (χ0v) is 29.5. The number of carbonyl (C=O) groups is 4. The summed E-state index contributed by atoms with van der Waals surface area (Å²) in [7, 11) is 0. The van der Waals surface area contributed by atoms with Crippen LogP contribution in [0.5, 0.6) is 0 Å². The number of piperidine rings is 1. The Hall–Kier alpha value is -5.36. The molecule has 4 aliphatic heterocycles. The molecule has 0 saturated carbocycles. The monoisotopic (exact) mass is 769 g/mol. The van der Waals surface area contributed by atoms with Crippen LogP contribution in [0.15, 0.2) is 54.3 Å². The molecule has 1 unspecified atom stereocenters. The number of carboxylic acids is 2. The SMILES string of the molecule is O=C(O)C(F)(F)F.O=C(O)CN1CCC2(CC1)CN(c1ccc(-c3cc(F)c4c(c3)C(=O)N(C(C(=O)Nc3nccs3)c3ncn5c3CCC5)C4)cc1)C2. The molecule has 54 heavy (non-hydrogen) atoms. The summed E-state index contributed by atoms with van der Waals surface area (Å²) < 4.78 is 49.5. The molecule has 2 fully saturated rings. The maximum atomic E-state index is 15.7. The lowest BCUT2D eigenvalue weighted by molar-refractivity contribution is -0.192. The first-order valence-corrected chi connectivity index (χ1v) is 18.1. The van der Waals surface area contributed by atoms with Crippen LogP contribution in [0.2, 0.25) is 0 Å². The van der Waals surface area contributed by atoms with Crippen molar-refractivity contribution in [3.63, 3.8) is 0 Å². The van der Waals surface area contributed by atoms with Gasteiger partial charge in [0, 0.05) is 59.1 Å². The topological polar surface area (TPSA) is 161 Å². The average molecular weight is 770 g/mol. The summed E-state index contributed by atoms with van der Waals surface area (Å²) in [6.07, 6.45) is 1.89. The second-order valence-corrected chi connectivity index (χ2v) is 14.8. The lowest BCUT2D eigenvalue weighted by Crippen LogP contribution is -2.60. The van der Waals surface area contributed by atoms with Gasteiger partial charge in [-0.2, -0.15) is 13.2 Å². The first kappa shape index (κ1) is 37.0. The lowest BCUT2D eigenvalue weighted by atomic mass is 9.71. The number of carbonyl (C=O) groups excluding carboxylic acids is 2. The van der Waals surface area contributed by atoms with Crippen LogP contribution in [0.3, 0.4) is 0 Å². The van der Waals surface area contributed by atoms with Crippen LogP contribution in [-0.4, -0.2) is 97.2 Å². The lowest BCUT2D eigenvalue weighted by Gasteiger charge is -2.55. The van der Waals surface area contributed by atoms with E-state index in [1.54, 1.807) is 24.0 Å². The van der Waals surface area contributed by atoms with E-state index in [1.165, 1.54) is 22.3 Å². The summed E-state index contributed by atoms with van der Waals surface area (Å²) in [5, 5.41) is 21.2. The van der Waals surface area contributed by atoms with Gasteiger partial charge < -0.3 is 24.6 Å². The highest BCUT2D eigenvalue weighted by Gasteiger charge is 2.45. The van der Waals surface area contributed by atoms with Crippen molar-refractivity contribution in [2.75, 3.05) is 42.9 Å². The molecule has 6 heterocycles. The van der Waals surface area contributed by atoms with Gasteiger partial charge in [-0.25, -0.2) is 19.2 Å². The van der Waals surface area contributed by atoms with E-state index in [4.69, 9.17) is 15.0 Å². The van der Waals surface area contributed by atoms with Crippen LogP contribution in [0, 0.1) is 11.2 Å². The summed E-state index contributed by atoms with van der Waals surface area (Å²) in [5.41, 5.74) is 4.68. The van der Waals surface area contributed by atoms with Crippen molar-refractivity contribution >= 4 is 45.9 Å². The molecule has 3 N–H and O–H groups in total. The van der Waals surface area contributed by atoms with Crippen LogP contribution in [0.1, 0.15) is 52.6 Å². The normalized spacial score (nSPS) is 18.0. The second kappa shape index (κ2) is 14.5. The Kier molecular flexibility index (Phi) is 9.91. The number of amides is 2. The number of aryl methyl sites for hydroxylation is 1. The average Bonchev–Trinajstić information content (AvgIpc) is 3.92. The number of aromatic nitrogens is 3. The number of carboxylic acid groups (broad SMARTS) is 2. The van der Waals surface area contributed by atoms with Gasteiger partial charge in [-0.05, 0) is 74.2 Å². The fourth-order valence-corrected chi connectivity index (χ4v) is 8.20. The summed E-state index contributed by atoms with van der Waals surface area (Å²) in [6, 6.07) is 10.1. The summed E-state index contributed by atoms with van der Waals surface area (Å²) in [6.45, 7) is 4.35. The summed E-state index contributed by atoms with van der Waals surface area (Å²) in [5.74, 6) is -4.85. The Labute approximate surface area is 309 Å².